The summed E-state index contributed by atoms with van der Waals surface area (Å²) < 4.78 is 0. The van der Waals surface area contributed by atoms with Gasteiger partial charge in [-0.25, -0.2) is 0 Å². The van der Waals surface area contributed by atoms with Crippen molar-refractivity contribution in [3.63, 3.8) is 0 Å². The minimum absolute atomic E-state index is 0. The van der Waals surface area contributed by atoms with E-state index in [1.807, 2.05) is 0 Å². The molecule has 0 bridgehead atoms. The fraction of sp³-hybridized carbons (Fsp3) is 0.600. The Morgan fingerprint density at radius 1 is 0.654 bits per heavy atom. The van der Waals surface area contributed by atoms with Crippen LogP contribution in [0, 0.1) is 0 Å². The van der Waals surface area contributed by atoms with Crippen LogP contribution in [0.4, 0.5) is 0 Å². The summed E-state index contributed by atoms with van der Waals surface area (Å²) in [5.41, 5.74) is 0. The normalized spacial score (nSPS) is 8.23. The summed E-state index contributed by atoms with van der Waals surface area (Å²) in [5, 5.41) is 38.0. The molecule has 0 unspecified atom stereocenters. The molecule has 26 heavy (non-hydrogen) atoms. The van der Waals surface area contributed by atoms with E-state index in [2.05, 4.69) is 0 Å². The molecule has 0 fully saturated rings. The smallest absolute Gasteiger partial charge is 1.00 e. The number of rotatable bonds is 11. The number of carbonyl (C=O) groups is 4. The maximum absolute atomic E-state index is 10.5. The van der Waals surface area contributed by atoms with E-state index in [9.17, 15) is 29.4 Å². The van der Waals surface area contributed by atoms with Crippen LogP contribution in [0.3, 0.4) is 0 Å². The molecular formula is C10H15ClN2Na4O9. The van der Waals surface area contributed by atoms with Gasteiger partial charge in [-0.1, -0.05) is 0 Å². The van der Waals surface area contributed by atoms with E-state index in [0.29, 0.717) is 0 Å². The predicted octanol–water partition coefficient (Wildman–Crippen LogP) is -19.9. The van der Waals surface area contributed by atoms with Crippen molar-refractivity contribution >= 4 is 23.9 Å². The van der Waals surface area contributed by atoms with Gasteiger partial charge in [0.05, 0.1) is 25.0 Å². The van der Waals surface area contributed by atoms with Gasteiger partial charge in [0.25, 0.3) is 0 Å². The van der Waals surface area contributed by atoms with Gasteiger partial charge in [0.1, 0.15) is 0 Å². The summed E-state index contributed by atoms with van der Waals surface area (Å²) in [6, 6.07) is 0. The minimum Gasteiger partial charge on any atom is -1.00 e. The zero-order valence-electron chi connectivity index (χ0n) is 15.3. The summed E-state index contributed by atoms with van der Waals surface area (Å²) in [7, 11) is 0. The fourth-order valence-corrected chi connectivity index (χ4v) is 1.46. The van der Waals surface area contributed by atoms with Gasteiger partial charge in [-0.2, -0.15) is 0 Å². The minimum atomic E-state index is -1.51. The standard InChI is InChI=1S/C10H16N2O8.ClH.4Na.H2O/c13-7(14)3-11(4-8(15)16)1-2-12(5-9(17)18)6-10(19)20;;;;;;/h1-6H2,(H,13,14)(H,15,16)(H,17,18)(H,19,20);1H;;;;;1H2/q;;4*+1;/p-4. The van der Waals surface area contributed by atoms with Gasteiger partial charge in [-0.05, 0) is 0 Å². The topological polar surface area (TPSA) is 191 Å². The summed E-state index contributed by atoms with van der Waals surface area (Å²) in [6.07, 6.45) is 0. The van der Waals surface area contributed by atoms with E-state index >= 15 is 0 Å². The van der Waals surface area contributed by atoms with Crippen molar-refractivity contribution in [3.8, 4) is 0 Å². The van der Waals surface area contributed by atoms with Crippen LogP contribution in [0.1, 0.15) is 0 Å². The van der Waals surface area contributed by atoms with Gasteiger partial charge in [0.2, 0.25) is 0 Å². The molecule has 0 aromatic carbocycles. The van der Waals surface area contributed by atoms with Crippen molar-refractivity contribution in [2.45, 2.75) is 0 Å². The maximum atomic E-state index is 10.5. The second-order valence-electron chi connectivity index (χ2n) is 3.95. The second-order valence-corrected chi connectivity index (χ2v) is 3.95. The Labute approximate surface area is 245 Å². The molecule has 0 amide bonds. The van der Waals surface area contributed by atoms with Gasteiger partial charge < -0.3 is 47.9 Å². The van der Waals surface area contributed by atoms with Crippen molar-refractivity contribution in [1.82, 2.24) is 9.80 Å². The zero-order valence-corrected chi connectivity index (χ0v) is 24.1. The average Bonchev–Trinajstić information content (AvgIpc) is 2.22. The van der Waals surface area contributed by atoms with Crippen LogP contribution < -0.4 is 141 Å². The van der Waals surface area contributed by atoms with Gasteiger partial charge in [-0.15, -0.1) is 0 Å². The van der Waals surface area contributed by atoms with Crippen LogP contribution in [-0.4, -0.2) is 88.6 Å². The van der Waals surface area contributed by atoms with Crippen LogP contribution in [0.2, 0.25) is 0 Å². The van der Waals surface area contributed by atoms with E-state index in [0.717, 1.165) is 9.80 Å². The van der Waals surface area contributed by atoms with Crippen molar-refractivity contribution in [1.29, 1.82) is 0 Å². The number of carboxylic acids is 4. The number of carboxylic acid groups (broad SMARTS) is 4. The first-order valence-electron chi connectivity index (χ1n) is 5.48. The molecule has 0 aromatic heterocycles. The molecule has 0 aromatic rings. The average molecular weight is 435 g/mol. The molecule has 0 saturated carbocycles. The molecule has 0 aliphatic rings. The Morgan fingerprint density at radius 3 is 1.08 bits per heavy atom. The van der Waals surface area contributed by atoms with Crippen LogP contribution in [0.5, 0.6) is 0 Å². The van der Waals surface area contributed by atoms with Crippen LogP contribution in [0.25, 0.3) is 0 Å². The SMILES string of the molecule is O=C([O-])CN(CCN(CC(=O)O)CC(=O)O)CC(=O)[O-].[Cl-].[Na+].[Na+].[Na+].[Na+].[OH-]. The quantitative estimate of drug-likeness (QED) is 0.293. The van der Waals surface area contributed by atoms with Crippen LogP contribution >= 0.6 is 0 Å². The first-order valence-corrected chi connectivity index (χ1v) is 5.48. The van der Waals surface area contributed by atoms with E-state index in [1.165, 1.54) is 0 Å². The van der Waals surface area contributed by atoms with Crippen molar-refractivity contribution < 1.29 is 176 Å². The van der Waals surface area contributed by atoms with Gasteiger partial charge in [0.15, 0.2) is 0 Å². The van der Waals surface area contributed by atoms with Crippen molar-refractivity contribution in [2.24, 2.45) is 0 Å². The number of aliphatic carboxylic acids is 4. The predicted molar refractivity (Wildman–Crippen MR) is 60.1 cm³/mol. The molecular weight excluding hydrogens is 420 g/mol. The van der Waals surface area contributed by atoms with E-state index in [1.54, 1.807) is 0 Å². The molecule has 130 valence electrons. The van der Waals surface area contributed by atoms with E-state index in [-0.39, 0.29) is 149 Å². The van der Waals surface area contributed by atoms with E-state index < -0.39 is 50.1 Å². The van der Waals surface area contributed by atoms with Gasteiger partial charge >= 0.3 is 130 Å². The molecule has 3 N–H and O–H groups in total. The molecule has 0 atom stereocenters. The van der Waals surface area contributed by atoms with E-state index in [4.69, 9.17) is 10.2 Å². The number of hydrogen-bond acceptors (Lipinski definition) is 9. The molecule has 11 nitrogen and oxygen atoms in total. The summed E-state index contributed by atoms with van der Waals surface area (Å²) >= 11 is 0. The van der Waals surface area contributed by atoms with Gasteiger partial charge in [0, 0.05) is 26.2 Å². The Kier molecular flexibility index (Phi) is 48.2. The third kappa shape index (κ3) is 30.8. The number of carbonyl (C=O) groups excluding carboxylic acids is 2. The van der Waals surface area contributed by atoms with Crippen molar-refractivity contribution in [2.75, 3.05) is 39.3 Å². The molecule has 0 saturated heterocycles. The molecule has 0 radical (unpaired) electrons. The first kappa shape index (κ1) is 46.3. The third-order valence-corrected chi connectivity index (χ3v) is 2.16. The second kappa shape index (κ2) is 27.0. The number of hydrogen-bond donors (Lipinski definition) is 2. The fourth-order valence-electron chi connectivity index (χ4n) is 1.46. The summed E-state index contributed by atoms with van der Waals surface area (Å²) in [6.45, 7) is -2.75. The summed E-state index contributed by atoms with van der Waals surface area (Å²) in [5.74, 6) is -5.52. The molecule has 0 heterocycles. The van der Waals surface area contributed by atoms with Crippen molar-refractivity contribution in [3.05, 3.63) is 0 Å². The monoisotopic (exact) mass is 434 g/mol. The Balaban J connectivity index is -0.000000120. The molecule has 16 heteroatoms. The molecule has 0 aliphatic heterocycles. The Morgan fingerprint density at radius 2 is 0.885 bits per heavy atom. The summed E-state index contributed by atoms with van der Waals surface area (Å²) in [4.78, 5) is 43.9. The van der Waals surface area contributed by atoms with Gasteiger partial charge in [-0.3, -0.25) is 19.4 Å². The first-order chi connectivity index (χ1) is 9.20. The zero-order chi connectivity index (χ0) is 15.7. The van der Waals surface area contributed by atoms with Crippen LogP contribution in [-0.2, 0) is 19.2 Å². The number of nitrogens with zero attached hydrogens (tertiary/aromatic N) is 2. The molecule has 0 aliphatic carbocycles. The molecule has 0 spiro atoms. The number of halogens is 1. The van der Waals surface area contributed by atoms with Crippen LogP contribution in [0.15, 0.2) is 0 Å². The third-order valence-electron chi connectivity index (χ3n) is 2.16. The Bertz CT molecular complexity index is 339. The Hall–Kier alpha value is 2.05. The molecule has 0 rings (SSSR count). The maximum Gasteiger partial charge on any atom is 1.00 e. The largest absolute Gasteiger partial charge is 1.00 e.